The molecule has 0 saturated heterocycles. The Hall–Kier alpha value is -3.64. The summed E-state index contributed by atoms with van der Waals surface area (Å²) in [6.45, 7) is 0.501. The van der Waals surface area contributed by atoms with Crippen molar-refractivity contribution in [1.29, 1.82) is 5.26 Å². The van der Waals surface area contributed by atoms with Gasteiger partial charge in [-0.25, -0.2) is 0 Å². The normalized spacial score (nSPS) is 10.4. The number of carbonyl (C=O) groups is 1. The van der Waals surface area contributed by atoms with Crippen molar-refractivity contribution >= 4 is 17.7 Å². The summed E-state index contributed by atoms with van der Waals surface area (Å²) in [6, 6.07) is 28.8. The van der Waals surface area contributed by atoms with Crippen LogP contribution in [0.4, 0.5) is 5.69 Å². The number of amides is 1. The molecule has 3 heteroatoms. The van der Waals surface area contributed by atoms with Crippen molar-refractivity contribution in [2.45, 2.75) is 6.54 Å². The molecule has 0 unspecified atom stereocenters. The van der Waals surface area contributed by atoms with Gasteiger partial charge in [0.25, 0.3) is 5.91 Å². The van der Waals surface area contributed by atoms with Crippen LogP contribution in [-0.4, -0.2) is 5.91 Å². The average molecular weight is 338 g/mol. The molecule has 0 saturated carbocycles. The van der Waals surface area contributed by atoms with Crippen LogP contribution in [0.15, 0.2) is 91.0 Å². The Balaban J connectivity index is 1.82. The molecule has 0 radical (unpaired) electrons. The van der Waals surface area contributed by atoms with Gasteiger partial charge in [0.05, 0.1) is 18.2 Å². The molecule has 0 aliphatic rings. The molecule has 0 N–H and O–H groups in total. The highest BCUT2D eigenvalue weighted by Crippen LogP contribution is 2.18. The minimum absolute atomic E-state index is 0.0931. The van der Waals surface area contributed by atoms with Gasteiger partial charge in [-0.1, -0.05) is 60.7 Å². The van der Waals surface area contributed by atoms with E-state index in [9.17, 15) is 4.79 Å². The van der Waals surface area contributed by atoms with Gasteiger partial charge in [-0.15, -0.1) is 0 Å². The molecule has 0 spiro atoms. The Labute approximate surface area is 153 Å². The van der Waals surface area contributed by atoms with E-state index in [4.69, 9.17) is 5.26 Å². The second-order valence-electron chi connectivity index (χ2n) is 5.81. The third kappa shape index (κ3) is 4.46. The largest absolute Gasteiger partial charge is 0.304 e. The summed E-state index contributed by atoms with van der Waals surface area (Å²) in [6.07, 6.45) is 3.34. The van der Waals surface area contributed by atoms with E-state index in [1.807, 2.05) is 72.8 Å². The first kappa shape index (κ1) is 17.2. The zero-order valence-electron chi connectivity index (χ0n) is 14.2. The van der Waals surface area contributed by atoms with Gasteiger partial charge in [0.2, 0.25) is 0 Å². The first-order valence-corrected chi connectivity index (χ1v) is 8.35. The van der Waals surface area contributed by atoms with Crippen LogP contribution in [0.3, 0.4) is 0 Å². The standard InChI is InChI=1S/C23H18N2O/c24-17-20-13-11-19(12-14-20)15-16-23(26)25(22-9-5-2-6-10-22)18-21-7-3-1-4-8-21/h1-16H,18H2/b16-15+. The molecule has 0 atom stereocenters. The lowest BCUT2D eigenvalue weighted by atomic mass is 10.1. The van der Waals surface area contributed by atoms with Crippen molar-refractivity contribution in [2.24, 2.45) is 0 Å². The van der Waals surface area contributed by atoms with Gasteiger partial charge in [0.15, 0.2) is 0 Å². The first-order valence-electron chi connectivity index (χ1n) is 8.35. The van der Waals surface area contributed by atoms with Crippen molar-refractivity contribution in [3.05, 3.63) is 108 Å². The summed E-state index contributed by atoms with van der Waals surface area (Å²) in [7, 11) is 0. The SMILES string of the molecule is N#Cc1ccc(/C=C/C(=O)N(Cc2ccccc2)c2ccccc2)cc1. The highest BCUT2D eigenvalue weighted by Gasteiger charge is 2.13. The van der Waals surface area contributed by atoms with Crippen molar-refractivity contribution in [3.63, 3.8) is 0 Å². The van der Waals surface area contributed by atoms with E-state index in [0.29, 0.717) is 12.1 Å². The summed E-state index contributed by atoms with van der Waals surface area (Å²) < 4.78 is 0. The number of hydrogen-bond donors (Lipinski definition) is 0. The maximum absolute atomic E-state index is 12.8. The van der Waals surface area contributed by atoms with E-state index in [0.717, 1.165) is 16.8 Å². The maximum Gasteiger partial charge on any atom is 0.251 e. The molecular formula is C23H18N2O. The minimum Gasteiger partial charge on any atom is -0.304 e. The molecule has 3 nitrogen and oxygen atoms in total. The van der Waals surface area contributed by atoms with Crippen molar-refractivity contribution < 1.29 is 4.79 Å². The van der Waals surface area contributed by atoms with E-state index in [-0.39, 0.29) is 5.91 Å². The molecule has 3 rings (SSSR count). The number of carbonyl (C=O) groups excluding carboxylic acids is 1. The highest BCUT2D eigenvalue weighted by molar-refractivity contribution is 6.03. The number of nitrogens with zero attached hydrogens (tertiary/aromatic N) is 2. The minimum atomic E-state index is -0.0931. The molecule has 0 fully saturated rings. The topological polar surface area (TPSA) is 44.1 Å². The Bertz CT molecular complexity index is 923. The Morgan fingerprint density at radius 1 is 0.885 bits per heavy atom. The molecule has 3 aromatic rings. The second kappa shape index (κ2) is 8.46. The lowest BCUT2D eigenvalue weighted by Crippen LogP contribution is -2.28. The molecule has 26 heavy (non-hydrogen) atoms. The highest BCUT2D eigenvalue weighted by atomic mass is 16.2. The molecule has 0 aromatic heterocycles. The van der Waals surface area contributed by atoms with Crippen LogP contribution in [0.25, 0.3) is 6.08 Å². The lowest BCUT2D eigenvalue weighted by molar-refractivity contribution is -0.114. The number of benzene rings is 3. The number of para-hydroxylation sites is 1. The quantitative estimate of drug-likeness (QED) is 0.627. The van der Waals surface area contributed by atoms with E-state index in [1.165, 1.54) is 0 Å². The molecule has 0 bridgehead atoms. The monoisotopic (exact) mass is 338 g/mol. The van der Waals surface area contributed by atoms with Gasteiger partial charge in [-0.2, -0.15) is 5.26 Å². The summed E-state index contributed by atoms with van der Waals surface area (Å²) >= 11 is 0. The van der Waals surface area contributed by atoms with Gasteiger partial charge >= 0.3 is 0 Å². The maximum atomic E-state index is 12.8. The Morgan fingerprint density at radius 2 is 1.50 bits per heavy atom. The first-order chi connectivity index (χ1) is 12.8. The zero-order valence-corrected chi connectivity index (χ0v) is 14.2. The van der Waals surface area contributed by atoms with E-state index in [2.05, 4.69) is 6.07 Å². The van der Waals surface area contributed by atoms with Gasteiger partial charge in [-0.05, 0) is 41.5 Å². The van der Waals surface area contributed by atoms with Crippen LogP contribution in [0, 0.1) is 11.3 Å². The summed E-state index contributed by atoms with van der Waals surface area (Å²) in [5.41, 5.74) is 3.40. The predicted octanol–water partition coefficient (Wildman–Crippen LogP) is 4.80. The van der Waals surface area contributed by atoms with Crippen LogP contribution in [0.2, 0.25) is 0 Å². The van der Waals surface area contributed by atoms with Crippen molar-refractivity contribution in [2.75, 3.05) is 4.90 Å². The molecule has 3 aromatic carbocycles. The van der Waals surface area contributed by atoms with E-state index < -0.39 is 0 Å². The Morgan fingerprint density at radius 3 is 2.12 bits per heavy atom. The van der Waals surface area contributed by atoms with E-state index in [1.54, 1.807) is 29.2 Å². The number of rotatable bonds is 5. The van der Waals surface area contributed by atoms with Gasteiger partial charge < -0.3 is 4.90 Å². The molecule has 0 heterocycles. The van der Waals surface area contributed by atoms with Crippen molar-refractivity contribution in [1.82, 2.24) is 0 Å². The number of nitriles is 1. The van der Waals surface area contributed by atoms with Crippen LogP contribution in [-0.2, 0) is 11.3 Å². The smallest absolute Gasteiger partial charge is 0.251 e. The molecular weight excluding hydrogens is 320 g/mol. The van der Waals surface area contributed by atoms with Gasteiger partial charge in [0.1, 0.15) is 0 Å². The second-order valence-corrected chi connectivity index (χ2v) is 5.81. The fourth-order valence-corrected chi connectivity index (χ4v) is 2.60. The fraction of sp³-hybridized carbons (Fsp3) is 0.0435. The Kier molecular flexibility index (Phi) is 5.59. The fourth-order valence-electron chi connectivity index (χ4n) is 2.60. The van der Waals surface area contributed by atoms with Crippen LogP contribution < -0.4 is 4.90 Å². The van der Waals surface area contributed by atoms with Crippen LogP contribution in [0.5, 0.6) is 0 Å². The average Bonchev–Trinajstić information content (AvgIpc) is 2.72. The van der Waals surface area contributed by atoms with Crippen molar-refractivity contribution in [3.8, 4) is 6.07 Å². The summed E-state index contributed by atoms with van der Waals surface area (Å²) in [5.74, 6) is -0.0931. The van der Waals surface area contributed by atoms with E-state index >= 15 is 0 Å². The molecule has 0 aliphatic heterocycles. The lowest BCUT2D eigenvalue weighted by Gasteiger charge is -2.21. The number of hydrogen-bond acceptors (Lipinski definition) is 2. The third-order valence-corrected chi connectivity index (χ3v) is 3.98. The third-order valence-electron chi connectivity index (χ3n) is 3.98. The zero-order chi connectivity index (χ0) is 18.2. The molecule has 126 valence electrons. The van der Waals surface area contributed by atoms with Gasteiger partial charge in [0, 0.05) is 11.8 Å². The predicted molar refractivity (Wildman–Crippen MR) is 104 cm³/mol. The summed E-state index contributed by atoms with van der Waals surface area (Å²) in [5, 5.41) is 8.86. The summed E-state index contributed by atoms with van der Waals surface area (Å²) in [4.78, 5) is 14.6. The number of anilines is 1. The molecule has 0 aliphatic carbocycles. The van der Waals surface area contributed by atoms with Gasteiger partial charge in [-0.3, -0.25) is 4.79 Å². The molecule has 1 amide bonds. The van der Waals surface area contributed by atoms with Crippen LogP contribution >= 0.6 is 0 Å². The van der Waals surface area contributed by atoms with Crippen LogP contribution in [0.1, 0.15) is 16.7 Å².